The van der Waals surface area contributed by atoms with Crippen LogP contribution in [0.5, 0.6) is 0 Å². The van der Waals surface area contributed by atoms with E-state index in [0.29, 0.717) is 12.4 Å². The molecule has 0 spiro atoms. The predicted octanol–water partition coefficient (Wildman–Crippen LogP) is 0.0750. The molecule has 0 amide bonds. The lowest BCUT2D eigenvalue weighted by molar-refractivity contribution is 0.109. The van der Waals surface area contributed by atoms with Crippen molar-refractivity contribution < 1.29 is 4.74 Å². The molecule has 2 rings (SSSR count). The average molecular weight is 153 g/mol. The smallest absolute Gasteiger partial charge is 0.151 e. The number of rotatable bonds is 0. The Kier molecular flexibility index (Phi) is 1.35. The monoisotopic (exact) mass is 153 g/mol. The Bertz CT molecular complexity index is 253. The van der Waals surface area contributed by atoms with Gasteiger partial charge in [-0.15, -0.1) is 0 Å². The molecule has 0 atom stereocenters. The third-order valence-corrected chi connectivity index (χ3v) is 2.04. The van der Waals surface area contributed by atoms with Crippen LogP contribution in [0.1, 0.15) is 11.3 Å². The van der Waals surface area contributed by atoms with Gasteiger partial charge in [-0.1, -0.05) is 0 Å². The second-order valence-corrected chi connectivity index (χ2v) is 2.74. The van der Waals surface area contributed by atoms with Gasteiger partial charge in [0.2, 0.25) is 0 Å². The van der Waals surface area contributed by atoms with Crippen LogP contribution < -0.4 is 5.73 Å². The first kappa shape index (κ1) is 6.67. The molecule has 1 aliphatic rings. The molecule has 0 aromatic carbocycles. The number of nitrogens with two attached hydrogens (primary N) is 1. The maximum absolute atomic E-state index is 5.65. The summed E-state index contributed by atoms with van der Waals surface area (Å²) in [5.74, 6) is 0.613. The third-order valence-electron chi connectivity index (χ3n) is 2.04. The quantitative estimate of drug-likeness (QED) is 0.574. The molecule has 4 nitrogen and oxygen atoms in total. The van der Waals surface area contributed by atoms with Gasteiger partial charge in [0.05, 0.1) is 13.2 Å². The zero-order valence-electron chi connectivity index (χ0n) is 6.50. The normalized spacial score (nSPS) is 16.5. The van der Waals surface area contributed by atoms with E-state index in [0.717, 1.165) is 18.6 Å². The van der Waals surface area contributed by atoms with E-state index < -0.39 is 0 Å². The van der Waals surface area contributed by atoms with Crippen molar-refractivity contribution in [2.45, 2.75) is 13.0 Å². The van der Waals surface area contributed by atoms with Crippen molar-refractivity contribution in [3.05, 3.63) is 11.3 Å². The lowest BCUT2D eigenvalue weighted by Crippen LogP contribution is -2.12. The van der Waals surface area contributed by atoms with E-state index in [-0.39, 0.29) is 0 Å². The van der Waals surface area contributed by atoms with Crippen LogP contribution >= 0.6 is 0 Å². The summed E-state index contributed by atoms with van der Waals surface area (Å²) < 4.78 is 7.10. The van der Waals surface area contributed by atoms with Crippen molar-refractivity contribution in [2.75, 3.05) is 12.3 Å². The largest absolute Gasteiger partial charge is 0.382 e. The van der Waals surface area contributed by atoms with Crippen molar-refractivity contribution >= 4 is 5.82 Å². The van der Waals surface area contributed by atoms with Gasteiger partial charge in [0.25, 0.3) is 0 Å². The minimum Gasteiger partial charge on any atom is -0.382 e. The van der Waals surface area contributed by atoms with Gasteiger partial charge in [0, 0.05) is 24.7 Å². The summed E-state index contributed by atoms with van der Waals surface area (Å²) in [7, 11) is 1.92. The van der Waals surface area contributed by atoms with Gasteiger partial charge in [-0.2, -0.15) is 5.10 Å². The molecule has 0 saturated heterocycles. The van der Waals surface area contributed by atoms with E-state index in [1.54, 1.807) is 0 Å². The highest BCUT2D eigenvalue weighted by atomic mass is 16.5. The summed E-state index contributed by atoms with van der Waals surface area (Å²) >= 11 is 0. The Morgan fingerprint density at radius 2 is 2.45 bits per heavy atom. The van der Waals surface area contributed by atoms with Gasteiger partial charge in [0.1, 0.15) is 0 Å². The highest BCUT2D eigenvalue weighted by Crippen LogP contribution is 2.20. The zero-order valence-corrected chi connectivity index (χ0v) is 6.50. The standard InChI is InChI=1S/C7H11N3O/c1-10-6-2-3-11-4-5(6)7(8)9-10/h2-4H2,1H3,(H2,8,9). The van der Waals surface area contributed by atoms with Gasteiger partial charge in [0.15, 0.2) is 5.82 Å². The lowest BCUT2D eigenvalue weighted by Gasteiger charge is -2.12. The van der Waals surface area contributed by atoms with Crippen LogP contribution in [0, 0.1) is 0 Å². The van der Waals surface area contributed by atoms with Crippen molar-refractivity contribution in [3.63, 3.8) is 0 Å². The number of fused-ring (bicyclic) bond motifs is 1. The molecule has 60 valence electrons. The Morgan fingerprint density at radius 1 is 1.64 bits per heavy atom. The fraction of sp³-hybridized carbons (Fsp3) is 0.571. The van der Waals surface area contributed by atoms with Crippen LogP contribution in [0.15, 0.2) is 0 Å². The van der Waals surface area contributed by atoms with Gasteiger partial charge in [-0.25, -0.2) is 0 Å². The van der Waals surface area contributed by atoms with Crippen LogP contribution in [0.2, 0.25) is 0 Å². The maximum atomic E-state index is 5.65. The van der Waals surface area contributed by atoms with E-state index in [1.807, 2.05) is 11.7 Å². The van der Waals surface area contributed by atoms with Crippen LogP contribution in [-0.2, 0) is 24.8 Å². The molecule has 1 aromatic rings. The van der Waals surface area contributed by atoms with Crippen molar-refractivity contribution in [2.24, 2.45) is 7.05 Å². The van der Waals surface area contributed by atoms with E-state index in [9.17, 15) is 0 Å². The maximum Gasteiger partial charge on any atom is 0.151 e. The van der Waals surface area contributed by atoms with Crippen molar-refractivity contribution in [1.29, 1.82) is 0 Å². The molecular formula is C7H11N3O. The summed E-state index contributed by atoms with van der Waals surface area (Å²) in [6, 6.07) is 0. The van der Waals surface area contributed by atoms with E-state index in [2.05, 4.69) is 5.10 Å². The summed E-state index contributed by atoms with van der Waals surface area (Å²) in [4.78, 5) is 0. The van der Waals surface area contributed by atoms with Crippen LogP contribution in [-0.4, -0.2) is 16.4 Å². The molecule has 2 N–H and O–H groups in total. The zero-order chi connectivity index (χ0) is 7.84. The number of hydrogen-bond donors (Lipinski definition) is 1. The summed E-state index contributed by atoms with van der Waals surface area (Å²) in [5.41, 5.74) is 7.93. The van der Waals surface area contributed by atoms with Crippen molar-refractivity contribution in [3.8, 4) is 0 Å². The molecule has 0 aliphatic carbocycles. The molecular weight excluding hydrogens is 142 g/mol. The Labute approximate surface area is 64.9 Å². The van der Waals surface area contributed by atoms with Gasteiger partial charge in [-0.3, -0.25) is 4.68 Å². The number of nitrogen functional groups attached to an aromatic ring is 1. The SMILES string of the molecule is Cn1nc(N)c2c1CCOC2. The summed E-state index contributed by atoms with van der Waals surface area (Å²) in [5, 5.41) is 4.11. The molecule has 0 fully saturated rings. The molecule has 0 bridgehead atoms. The molecule has 11 heavy (non-hydrogen) atoms. The van der Waals surface area contributed by atoms with Gasteiger partial charge < -0.3 is 10.5 Å². The first-order valence-electron chi connectivity index (χ1n) is 3.67. The number of aromatic nitrogens is 2. The number of nitrogens with zero attached hydrogens (tertiary/aromatic N) is 2. The van der Waals surface area contributed by atoms with Crippen LogP contribution in [0.3, 0.4) is 0 Å². The van der Waals surface area contributed by atoms with Gasteiger partial charge >= 0.3 is 0 Å². The molecule has 0 radical (unpaired) electrons. The molecule has 1 aliphatic heterocycles. The first-order chi connectivity index (χ1) is 5.29. The molecule has 4 heteroatoms. The van der Waals surface area contributed by atoms with Crippen LogP contribution in [0.25, 0.3) is 0 Å². The van der Waals surface area contributed by atoms with Crippen LogP contribution in [0.4, 0.5) is 5.82 Å². The highest BCUT2D eigenvalue weighted by Gasteiger charge is 2.17. The number of anilines is 1. The minimum atomic E-state index is 0.613. The topological polar surface area (TPSA) is 53.1 Å². The van der Waals surface area contributed by atoms with Crippen molar-refractivity contribution in [1.82, 2.24) is 9.78 Å². The Hall–Kier alpha value is -1.03. The second-order valence-electron chi connectivity index (χ2n) is 2.74. The Morgan fingerprint density at radius 3 is 3.18 bits per heavy atom. The molecule has 2 heterocycles. The number of hydrogen-bond acceptors (Lipinski definition) is 3. The first-order valence-corrected chi connectivity index (χ1v) is 3.67. The molecule has 1 aromatic heterocycles. The third kappa shape index (κ3) is 0.903. The average Bonchev–Trinajstić information content (AvgIpc) is 2.30. The van der Waals surface area contributed by atoms with Gasteiger partial charge in [-0.05, 0) is 0 Å². The second kappa shape index (κ2) is 2.23. The lowest BCUT2D eigenvalue weighted by atomic mass is 10.1. The number of aryl methyl sites for hydroxylation is 1. The number of ether oxygens (including phenoxy) is 1. The minimum absolute atomic E-state index is 0.613. The molecule has 0 saturated carbocycles. The Balaban J connectivity index is 2.52. The summed E-state index contributed by atoms with van der Waals surface area (Å²) in [6.07, 6.45) is 0.927. The van der Waals surface area contributed by atoms with E-state index in [1.165, 1.54) is 5.69 Å². The van der Waals surface area contributed by atoms with E-state index in [4.69, 9.17) is 10.5 Å². The molecule has 0 unspecified atom stereocenters. The fourth-order valence-corrected chi connectivity index (χ4v) is 1.44. The summed E-state index contributed by atoms with van der Waals surface area (Å²) in [6.45, 7) is 1.40. The fourth-order valence-electron chi connectivity index (χ4n) is 1.44. The van der Waals surface area contributed by atoms with E-state index >= 15 is 0 Å². The predicted molar refractivity (Wildman–Crippen MR) is 41.0 cm³/mol. The highest BCUT2D eigenvalue weighted by molar-refractivity contribution is 5.42.